The standard InChI is InChI=1S/C18H27NO3S/c1-14(20)15-6-8-16(9-7-15)23(21,22)19-11-10-18(5,13-19)12-17(2,3)4/h6-9H,10-13H2,1-5H3. The Morgan fingerprint density at radius 2 is 1.78 bits per heavy atom. The summed E-state index contributed by atoms with van der Waals surface area (Å²) in [6.07, 6.45) is 1.88. The lowest BCUT2D eigenvalue weighted by Crippen LogP contribution is -2.32. The average Bonchev–Trinajstić information content (AvgIpc) is 2.79. The molecule has 0 bridgehead atoms. The smallest absolute Gasteiger partial charge is 0.243 e. The van der Waals surface area contributed by atoms with Crippen LogP contribution in [0.5, 0.6) is 0 Å². The maximum Gasteiger partial charge on any atom is 0.243 e. The number of carbonyl (C=O) groups excluding carboxylic acids is 1. The van der Waals surface area contributed by atoms with E-state index in [9.17, 15) is 13.2 Å². The van der Waals surface area contributed by atoms with Crippen LogP contribution in [0.4, 0.5) is 0 Å². The third kappa shape index (κ3) is 4.21. The molecule has 0 N–H and O–H groups in total. The first-order valence-electron chi connectivity index (χ1n) is 8.04. The molecule has 0 spiro atoms. The quantitative estimate of drug-likeness (QED) is 0.787. The summed E-state index contributed by atoms with van der Waals surface area (Å²) in [6, 6.07) is 6.23. The molecule has 5 heteroatoms. The molecule has 1 aromatic rings. The molecule has 1 fully saturated rings. The summed E-state index contributed by atoms with van der Waals surface area (Å²) >= 11 is 0. The molecule has 0 radical (unpaired) electrons. The van der Waals surface area contributed by atoms with E-state index in [4.69, 9.17) is 0 Å². The van der Waals surface area contributed by atoms with Crippen LogP contribution in [0.25, 0.3) is 0 Å². The molecule has 1 unspecified atom stereocenters. The van der Waals surface area contributed by atoms with Crippen LogP contribution in [0.3, 0.4) is 0 Å². The number of hydrogen-bond donors (Lipinski definition) is 0. The molecule has 0 aromatic heterocycles. The molecule has 4 nitrogen and oxygen atoms in total. The number of Topliss-reactive ketones (excluding diaryl/α,β-unsaturated/α-hetero) is 1. The zero-order valence-corrected chi connectivity index (χ0v) is 15.5. The first kappa shape index (κ1) is 18.1. The van der Waals surface area contributed by atoms with E-state index in [0.29, 0.717) is 18.7 Å². The van der Waals surface area contributed by atoms with Gasteiger partial charge in [-0.15, -0.1) is 0 Å². The van der Waals surface area contributed by atoms with Crippen molar-refractivity contribution in [2.75, 3.05) is 13.1 Å². The van der Waals surface area contributed by atoms with E-state index < -0.39 is 10.0 Å². The van der Waals surface area contributed by atoms with Crippen molar-refractivity contribution in [3.05, 3.63) is 29.8 Å². The summed E-state index contributed by atoms with van der Waals surface area (Å²) in [6.45, 7) is 11.3. The van der Waals surface area contributed by atoms with Crippen molar-refractivity contribution >= 4 is 15.8 Å². The van der Waals surface area contributed by atoms with Gasteiger partial charge in [0, 0.05) is 18.7 Å². The van der Waals surface area contributed by atoms with Crippen LogP contribution >= 0.6 is 0 Å². The van der Waals surface area contributed by atoms with E-state index in [1.807, 2.05) is 0 Å². The monoisotopic (exact) mass is 337 g/mol. The Morgan fingerprint density at radius 1 is 1.22 bits per heavy atom. The highest BCUT2D eigenvalue weighted by Crippen LogP contribution is 2.42. The van der Waals surface area contributed by atoms with Gasteiger partial charge in [0.05, 0.1) is 4.90 Å². The maximum absolute atomic E-state index is 12.8. The number of rotatable bonds is 4. The Morgan fingerprint density at radius 3 is 2.26 bits per heavy atom. The fourth-order valence-electron chi connectivity index (χ4n) is 3.62. The second-order valence-corrected chi connectivity index (χ2v) is 10.2. The van der Waals surface area contributed by atoms with Crippen LogP contribution in [-0.4, -0.2) is 31.6 Å². The normalized spacial score (nSPS) is 23.2. The lowest BCUT2D eigenvalue weighted by atomic mass is 9.74. The largest absolute Gasteiger partial charge is 0.295 e. The van der Waals surface area contributed by atoms with Crippen molar-refractivity contribution in [1.82, 2.24) is 4.31 Å². The molecule has 2 rings (SSSR count). The summed E-state index contributed by atoms with van der Waals surface area (Å²) in [5.41, 5.74) is 0.727. The molecule has 23 heavy (non-hydrogen) atoms. The fourth-order valence-corrected chi connectivity index (χ4v) is 5.21. The first-order chi connectivity index (χ1) is 10.4. The summed E-state index contributed by atoms with van der Waals surface area (Å²) in [5.74, 6) is -0.0622. The molecular weight excluding hydrogens is 310 g/mol. The zero-order valence-electron chi connectivity index (χ0n) is 14.7. The second-order valence-electron chi connectivity index (χ2n) is 8.22. The predicted octanol–water partition coefficient (Wildman–Crippen LogP) is 3.73. The average molecular weight is 337 g/mol. The first-order valence-corrected chi connectivity index (χ1v) is 9.48. The highest BCUT2D eigenvalue weighted by Gasteiger charge is 2.41. The van der Waals surface area contributed by atoms with Gasteiger partial charge >= 0.3 is 0 Å². The predicted molar refractivity (Wildman–Crippen MR) is 92.0 cm³/mol. The number of ketones is 1. The van der Waals surface area contributed by atoms with E-state index in [2.05, 4.69) is 27.7 Å². The van der Waals surface area contributed by atoms with Gasteiger partial charge in [0.1, 0.15) is 0 Å². The van der Waals surface area contributed by atoms with E-state index >= 15 is 0 Å². The van der Waals surface area contributed by atoms with Crippen molar-refractivity contribution < 1.29 is 13.2 Å². The molecule has 0 amide bonds. The summed E-state index contributed by atoms with van der Waals surface area (Å²) in [4.78, 5) is 11.6. The summed E-state index contributed by atoms with van der Waals surface area (Å²) in [5, 5.41) is 0. The van der Waals surface area contributed by atoms with E-state index in [0.717, 1.165) is 12.8 Å². The number of carbonyl (C=O) groups is 1. The molecule has 1 atom stereocenters. The third-order valence-corrected chi connectivity index (χ3v) is 6.24. The van der Waals surface area contributed by atoms with Crippen molar-refractivity contribution in [2.45, 2.75) is 52.4 Å². The van der Waals surface area contributed by atoms with Gasteiger partial charge in [-0.05, 0) is 42.7 Å². The fraction of sp³-hybridized carbons (Fsp3) is 0.611. The minimum Gasteiger partial charge on any atom is -0.295 e. The topological polar surface area (TPSA) is 54.5 Å². The Labute approximate surface area is 139 Å². The lowest BCUT2D eigenvalue weighted by Gasteiger charge is -2.32. The van der Waals surface area contributed by atoms with Crippen LogP contribution in [0.15, 0.2) is 29.2 Å². The van der Waals surface area contributed by atoms with Gasteiger partial charge < -0.3 is 0 Å². The molecule has 1 heterocycles. The molecule has 128 valence electrons. The van der Waals surface area contributed by atoms with Crippen molar-refractivity contribution in [1.29, 1.82) is 0 Å². The molecule has 0 aliphatic carbocycles. The number of benzene rings is 1. The maximum atomic E-state index is 12.8. The number of hydrogen-bond acceptors (Lipinski definition) is 3. The van der Waals surface area contributed by atoms with Crippen LogP contribution in [0.1, 0.15) is 57.8 Å². The van der Waals surface area contributed by atoms with Gasteiger partial charge in [-0.1, -0.05) is 39.8 Å². The minimum atomic E-state index is -3.49. The summed E-state index contributed by atoms with van der Waals surface area (Å²) < 4.78 is 27.2. The van der Waals surface area contributed by atoms with Gasteiger partial charge in [-0.2, -0.15) is 4.31 Å². The van der Waals surface area contributed by atoms with Crippen LogP contribution in [0, 0.1) is 10.8 Å². The second kappa shape index (κ2) is 6.02. The van der Waals surface area contributed by atoms with Crippen LogP contribution in [-0.2, 0) is 10.0 Å². The van der Waals surface area contributed by atoms with Crippen molar-refractivity contribution in [3.63, 3.8) is 0 Å². The Hall–Kier alpha value is -1.20. The molecular formula is C18H27NO3S. The van der Waals surface area contributed by atoms with E-state index in [1.165, 1.54) is 19.1 Å². The van der Waals surface area contributed by atoms with Gasteiger partial charge in [0.2, 0.25) is 10.0 Å². The summed E-state index contributed by atoms with van der Waals surface area (Å²) in [7, 11) is -3.49. The zero-order chi connectivity index (χ0) is 17.5. The van der Waals surface area contributed by atoms with Crippen LogP contribution in [0.2, 0.25) is 0 Å². The van der Waals surface area contributed by atoms with Gasteiger partial charge in [-0.25, -0.2) is 8.42 Å². The van der Waals surface area contributed by atoms with Gasteiger partial charge in [0.15, 0.2) is 5.78 Å². The molecule has 1 aromatic carbocycles. The highest BCUT2D eigenvalue weighted by atomic mass is 32.2. The SMILES string of the molecule is CC(=O)c1ccc(S(=O)(=O)N2CCC(C)(CC(C)(C)C)C2)cc1. The minimum absolute atomic E-state index is 0.0185. The Bertz CT molecular complexity index is 686. The van der Waals surface area contributed by atoms with Crippen molar-refractivity contribution in [3.8, 4) is 0 Å². The Balaban J connectivity index is 2.19. The van der Waals surface area contributed by atoms with E-state index in [1.54, 1.807) is 16.4 Å². The molecule has 1 saturated heterocycles. The number of sulfonamides is 1. The lowest BCUT2D eigenvalue weighted by molar-refractivity contribution is 0.101. The number of nitrogens with zero attached hydrogens (tertiary/aromatic N) is 1. The molecule has 1 aliphatic rings. The third-order valence-electron chi connectivity index (χ3n) is 4.38. The highest BCUT2D eigenvalue weighted by molar-refractivity contribution is 7.89. The molecule has 0 saturated carbocycles. The molecule has 1 aliphatic heterocycles. The Kier molecular flexibility index (Phi) is 4.75. The van der Waals surface area contributed by atoms with E-state index in [-0.39, 0.29) is 21.5 Å². The van der Waals surface area contributed by atoms with Crippen molar-refractivity contribution in [2.24, 2.45) is 10.8 Å². The van der Waals surface area contributed by atoms with Gasteiger partial charge in [-0.3, -0.25) is 4.79 Å². The van der Waals surface area contributed by atoms with Crippen LogP contribution < -0.4 is 0 Å². The van der Waals surface area contributed by atoms with Gasteiger partial charge in [0.25, 0.3) is 0 Å².